The Hall–Kier alpha value is -0.260. The first-order valence-corrected chi connectivity index (χ1v) is 9.74. The Balaban J connectivity index is 1.88. The molecule has 2 rings (SSSR count). The van der Waals surface area contributed by atoms with Crippen LogP contribution in [-0.4, -0.2) is 0 Å². The van der Waals surface area contributed by atoms with Crippen molar-refractivity contribution >= 4 is 0 Å². The second-order valence-corrected chi connectivity index (χ2v) is 8.40. The van der Waals surface area contributed by atoms with Gasteiger partial charge in [-0.2, -0.15) is 0 Å². The molecule has 0 aromatic carbocycles. The molecule has 0 aliphatic heterocycles. The molecule has 1 saturated carbocycles. The predicted molar refractivity (Wildman–Crippen MR) is 94.4 cm³/mol. The highest BCUT2D eigenvalue weighted by Gasteiger charge is 2.34. The standard InChI is InChI=1S/C21H38/c1-6-8-19-12-15(3)13-20(19)10-9-17(5)21-14-16(4)11-18(21)7-2/h15-18,21H,6-14H2,1-5H3. The molecule has 2 aliphatic rings. The number of hydrogen-bond acceptors (Lipinski definition) is 0. The summed E-state index contributed by atoms with van der Waals surface area (Å²) in [4.78, 5) is 0. The van der Waals surface area contributed by atoms with Crippen LogP contribution < -0.4 is 0 Å². The van der Waals surface area contributed by atoms with Crippen molar-refractivity contribution in [1.29, 1.82) is 0 Å². The Morgan fingerprint density at radius 2 is 1.62 bits per heavy atom. The van der Waals surface area contributed by atoms with Crippen LogP contribution in [0.25, 0.3) is 0 Å². The topological polar surface area (TPSA) is 0 Å². The summed E-state index contributed by atoms with van der Waals surface area (Å²) in [5, 5.41) is 0. The highest BCUT2D eigenvalue weighted by atomic mass is 14.4. The zero-order valence-corrected chi connectivity index (χ0v) is 15.3. The van der Waals surface area contributed by atoms with Gasteiger partial charge in [0.15, 0.2) is 0 Å². The quantitative estimate of drug-likeness (QED) is 0.443. The minimum absolute atomic E-state index is 0.923. The van der Waals surface area contributed by atoms with E-state index in [4.69, 9.17) is 0 Å². The fourth-order valence-corrected chi connectivity index (χ4v) is 5.29. The van der Waals surface area contributed by atoms with Crippen LogP contribution in [0.2, 0.25) is 0 Å². The van der Waals surface area contributed by atoms with Gasteiger partial charge in [0, 0.05) is 0 Å². The van der Waals surface area contributed by atoms with Crippen molar-refractivity contribution < 1.29 is 0 Å². The Labute approximate surface area is 133 Å². The highest BCUT2D eigenvalue weighted by molar-refractivity contribution is 5.21. The van der Waals surface area contributed by atoms with E-state index in [0.29, 0.717) is 0 Å². The summed E-state index contributed by atoms with van der Waals surface area (Å²) in [7, 11) is 0. The third-order valence-electron chi connectivity index (χ3n) is 6.38. The van der Waals surface area contributed by atoms with Crippen molar-refractivity contribution in [3.63, 3.8) is 0 Å². The molecule has 0 saturated heterocycles. The van der Waals surface area contributed by atoms with Crippen LogP contribution in [0.5, 0.6) is 0 Å². The van der Waals surface area contributed by atoms with E-state index in [1.165, 1.54) is 57.8 Å². The van der Waals surface area contributed by atoms with E-state index in [1.807, 2.05) is 11.1 Å². The summed E-state index contributed by atoms with van der Waals surface area (Å²) < 4.78 is 0. The molecular weight excluding hydrogens is 252 g/mol. The van der Waals surface area contributed by atoms with Crippen LogP contribution in [0.4, 0.5) is 0 Å². The lowest BCUT2D eigenvalue weighted by molar-refractivity contribution is 0.258. The van der Waals surface area contributed by atoms with Crippen LogP contribution in [0.1, 0.15) is 92.4 Å². The molecule has 21 heavy (non-hydrogen) atoms. The number of rotatable bonds is 7. The monoisotopic (exact) mass is 290 g/mol. The smallest absolute Gasteiger partial charge is 0.0289 e. The van der Waals surface area contributed by atoms with Crippen molar-refractivity contribution in [3.8, 4) is 0 Å². The van der Waals surface area contributed by atoms with Crippen LogP contribution in [0, 0.1) is 29.6 Å². The third-order valence-corrected chi connectivity index (χ3v) is 6.38. The lowest BCUT2D eigenvalue weighted by Gasteiger charge is -2.25. The lowest BCUT2D eigenvalue weighted by atomic mass is 9.80. The molecule has 2 aliphatic carbocycles. The maximum absolute atomic E-state index is 2.55. The van der Waals surface area contributed by atoms with Gasteiger partial charge in [-0.3, -0.25) is 0 Å². The van der Waals surface area contributed by atoms with E-state index in [9.17, 15) is 0 Å². The van der Waals surface area contributed by atoms with E-state index in [0.717, 1.165) is 29.6 Å². The lowest BCUT2D eigenvalue weighted by Crippen LogP contribution is -2.16. The molecule has 0 bridgehead atoms. The molecule has 0 nitrogen and oxygen atoms in total. The molecule has 0 N–H and O–H groups in total. The van der Waals surface area contributed by atoms with Crippen molar-refractivity contribution in [2.45, 2.75) is 92.4 Å². The first kappa shape index (κ1) is 17.1. The van der Waals surface area contributed by atoms with E-state index in [2.05, 4.69) is 34.6 Å². The second kappa shape index (κ2) is 7.84. The van der Waals surface area contributed by atoms with Gasteiger partial charge in [0.25, 0.3) is 0 Å². The van der Waals surface area contributed by atoms with Gasteiger partial charge in [-0.25, -0.2) is 0 Å². The van der Waals surface area contributed by atoms with Crippen molar-refractivity contribution in [2.24, 2.45) is 29.6 Å². The Morgan fingerprint density at radius 3 is 2.24 bits per heavy atom. The highest BCUT2D eigenvalue weighted by Crippen LogP contribution is 2.44. The molecule has 1 fully saturated rings. The van der Waals surface area contributed by atoms with Gasteiger partial charge < -0.3 is 0 Å². The Morgan fingerprint density at radius 1 is 0.952 bits per heavy atom. The SMILES string of the molecule is CCCC1=C(CCC(C)C2CC(C)CC2CC)CC(C)C1. The van der Waals surface area contributed by atoms with Gasteiger partial charge in [-0.15, -0.1) is 0 Å². The van der Waals surface area contributed by atoms with E-state index < -0.39 is 0 Å². The maximum atomic E-state index is 2.55. The third kappa shape index (κ3) is 4.36. The predicted octanol–water partition coefficient (Wildman–Crippen LogP) is 7.00. The fraction of sp³-hybridized carbons (Fsp3) is 0.905. The van der Waals surface area contributed by atoms with E-state index >= 15 is 0 Å². The maximum Gasteiger partial charge on any atom is -0.0289 e. The molecule has 5 unspecified atom stereocenters. The van der Waals surface area contributed by atoms with Gasteiger partial charge in [0.05, 0.1) is 0 Å². The van der Waals surface area contributed by atoms with Crippen molar-refractivity contribution in [2.75, 3.05) is 0 Å². The van der Waals surface area contributed by atoms with Gasteiger partial charge >= 0.3 is 0 Å². The number of allylic oxidation sites excluding steroid dienone is 2. The average Bonchev–Trinajstić information content (AvgIpc) is 2.99. The van der Waals surface area contributed by atoms with Crippen LogP contribution >= 0.6 is 0 Å². The van der Waals surface area contributed by atoms with Gasteiger partial charge in [-0.1, -0.05) is 58.6 Å². The largest absolute Gasteiger partial charge is 0.0707 e. The van der Waals surface area contributed by atoms with Crippen molar-refractivity contribution in [3.05, 3.63) is 11.1 Å². The van der Waals surface area contributed by atoms with Gasteiger partial charge in [-0.05, 0) is 74.5 Å². The molecule has 0 heteroatoms. The van der Waals surface area contributed by atoms with Crippen LogP contribution in [0.15, 0.2) is 11.1 Å². The first-order valence-electron chi connectivity index (χ1n) is 9.74. The van der Waals surface area contributed by atoms with E-state index in [1.54, 1.807) is 0 Å². The fourth-order valence-electron chi connectivity index (χ4n) is 5.29. The zero-order chi connectivity index (χ0) is 15.4. The molecule has 0 radical (unpaired) electrons. The van der Waals surface area contributed by atoms with Crippen LogP contribution in [-0.2, 0) is 0 Å². The summed E-state index contributed by atoms with van der Waals surface area (Å²) in [6.07, 6.45) is 12.7. The molecule has 0 aromatic heterocycles. The zero-order valence-electron chi connectivity index (χ0n) is 15.3. The normalized spacial score (nSPS) is 34.7. The molecule has 0 heterocycles. The summed E-state index contributed by atoms with van der Waals surface area (Å²) in [5.74, 6) is 4.86. The Kier molecular flexibility index (Phi) is 6.38. The minimum atomic E-state index is 0.923. The summed E-state index contributed by atoms with van der Waals surface area (Å²) in [5.41, 5.74) is 3.69. The molecule has 0 amide bonds. The molecule has 122 valence electrons. The molecule has 0 spiro atoms. The minimum Gasteiger partial charge on any atom is -0.0707 e. The molecule has 0 aromatic rings. The van der Waals surface area contributed by atoms with Gasteiger partial charge in [0.2, 0.25) is 0 Å². The summed E-state index contributed by atoms with van der Waals surface area (Å²) in [6, 6.07) is 0. The van der Waals surface area contributed by atoms with Gasteiger partial charge in [0.1, 0.15) is 0 Å². The average molecular weight is 291 g/mol. The molecule has 5 atom stereocenters. The van der Waals surface area contributed by atoms with Crippen LogP contribution in [0.3, 0.4) is 0 Å². The summed E-state index contributed by atoms with van der Waals surface area (Å²) in [6.45, 7) is 12.2. The number of hydrogen-bond donors (Lipinski definition) is 0. The second-order valence-electron chi connectivity index (χ2n) is 8.40. The van der Waals surface area contributed by atoms with Crippen molar-refractivity contribution in [1.82, 2.24) is 0 Å². The summed E-state index contributed by atoms with van der Waals surface area (Å²) >= 11 is 0. The Bertz CT molecular complexity index is 351. The first-order chi connectivity index (χ1) is 10.0. The molecular formula is C21H38. The van der Waals surface area contributed by atoms with E-state index in [-0.39, 0.29) is 0 Å².